The zero-order valence-electron chi connectivity index (χ0n) is 7.54. The number of hydrogen-bond acceptors (Lipinski definition) is 2. The van der Waals surface area contributed by atoms with Crippen molar-refractivity contribution >= 4 is 11.9 Å². The van der Waals surface area contributed by atoms with E-state index in [2.05, 4.69) is 5.32 Å². The summed E-state index contributed by atoms with van der Waals surface area (Å²) in [5.41, 5.74) is -0.0306. The van der Waals surface area contributed by atoms with Gasteiger partial charge in [-0.2, -0.15) is 0 Å². The van der Waals surface area contributed by atoms with Crippen LogP contribution in [0.5, 0.6) is 0 Å². The Kier molecular flexibility index (Phi) is 3.06. The van der Waals surface area contributed by atoms with Crippen molar-refractivity contribution in [1.29, 1.82) is 0 Å². The SMILES string of the molecule is C/C=C(\NC(=O)C1CCC1)C(=O)O. The van der Waals surface area contributed by atoms with Gasteiger partial charge in [0.25, 0.3) is 0 Å². The monoisotopic (exact) mass is 183 g/mol. The van der Waals surface area contributed by atoms with E-state index in [9.17, 15) is 9.59 Å². The summed E-state index contributed by atoms with van der Waals surface area (Å²) in [6.45, 7) is 1.59. The molecular weight excluding hydrogens is 170 g/mol. The van der Waals surface area contributed by atoms with Crippen LogP contribution in [-0.4, -0.2) is 17.0 Å². The first-order chi connectivity index (χ1) is 6.15. The Hall–Kier alpha value is -1.32. The highest BCUT2D eigenvalue weighted by molar-refractivity contribution is 5.93. The minimum Gasteiger partial charge on any atom is -0.477 e. The van der Waals surface area contributed by atoms with Gasteiger partial charge in [0.05, 0.1) is 0 Å². The molecule has 0 heterocycles. The molecule has 1 saturated carbocycles. The van der Waals surface area contributed by atoms with Gasteiger partial charge >= 0.3 is 5.97 Å². The fourth-order valence-corrected chi connectivity index (χ4v) is 1.15. The van der Waals surface area contributed by atoms with Gasteiger partial charge in [-0.1, -0.05) is 12.5 Å². The van der Waals surface area contributed by atoms with Crippen molar-refractivity contribution in [2.75, 3.05) is 0 Å². The molecule has 0 unspecified atom stereocenters. The quantitative estimate of drug-likeness (QED) is 0.638. The zero-order valence-corrected chi connectivity index (χ0v) is 7.54. The van der Waals surface area contributed by atoms with Crippen LogP contribution in [0.3, 0.4) is 0 Å². The van der Waals surface area contributed by atoms with E-state index in [0.29, 0.717) is 0 Å². The lowest BCUT2D eigenvalue weighted by Crippen LogP contribution is -2.35. The summed E-state index contributed by atoms with van der Waals surface area (Å²) < 4.78 is 0. The number of nitrogens with one attached hydrogen (secondary N) is 1. The molecule has 1 rings (SSSR count). The fraction of sp³-hybridized carbons (Fsp3) is 0.556. The fourth-order valence-electron chi connectivity index (χ4n) is 1.15. The highest BCUT2D eigenvalue weighted by Gasteiger charge is 2.26. The van der Waals surface area contributed by atoms with Crippen molar-refractivity contribution in [3.8, 4) is 0 Å². The predicted octanol–water partition coefficient (Wildman–Crippen LogP) is 0.891. The van der Waals surface area contributed by atoms with E-state index in [4.69, 9.17) is 5.11 Å². The molecule has 0 atom stereocenters. The molecule has 4 nitrogen and oxygen atoms in total. The van der Waals surface area contributed by atoms with E-state index >= 15 is 0 Å². The maximum atomic E-state index is 11.3. The molecule has 0 aromatic carbocycles. The van der Waals surface area contributed by atoms with E-state index in [-0.39, 0.29) is 17.5 Å². The standard InChI is InChI=1S/C9H13NO3/c1-2-7(9(12)13)10-8(11)6-4-3-5-6/h2,6H,3-5H2,1H3,(H,10,11)(H,12,13)/b7-2-. The van der Waals surface area contributed by atoms with Gasteiger partial charge in [-0.25, -0.2) is 4.79 Å². The number of allylic oxidation sites excluding steroid dienone is 1. The topological polar surface area (TPSA) is 66.4 Å². The van der Waals surface area contributed by atoms with E-state index in [1.807, 2.05) is 0 Å². The molecule has 4 heteroatoms. The summed E-state index contributed by atoms with van der Waals surface area (Å²) in [6.07, 6.45) is 4.21. The third kappa shape index (κ3) is 2.31. The van der Waals surface area contributed by atoms with Gasteiger partial charge < -0.3 is 10.4 Å². The van der Waals surface area contributed by atoms with Gasteiger partial charge in [0.15, 0.2) is 0 Å². The van der Waals surface area contributed by atoms with Gasteiger partial charge in [-0.15, -0.1) is 0 Å². The third-order valence-corrected chi connectivity index (χ3v) is 2.25. The molecule has 0 bridgehead atoms. The van der Waals surface area contributed by atoms with Gasteiger partial charge in [0, 0.05) is 5.92 Å². The zero-order chi connectivity index (χ0) is 9.84. The number of aliphatic carboxylic acids is 1. The van der Waals surface area contributed by atoms with E-state index in [1.54, 1.807) is 6.92 Å². The second kappa shape index (κ2) is 4.07. The Balaban J connectivity index is 2.46. The van der Waals surface area contributed by atoms with E-state index in [1.165, 1.54) is 6.08 Å². The van der Waals surface area contributed by atoms with Crippen molar-refractivity contribution < 1.29 is 14.7 Å². The van der Waals surface area contributed by atoms with Gasteiger partial charge in [0.2, 0.25) is 5.91 Å². The van der Waals surface area contributed by atoms with Crippen LogP contribution >= 0.6 is 0 Å². The molecule has 2 N–H and O–H groups in total. The first kappa shape index (κ1) is 9.77. The number of carbonyl (C=O) groups is 2. The summed E-state index contributed by atoms with van der Waals surface area (Å²) in [4.78, 5) is 21.8. The highest BCUT2D eigenvalue weighted by atomic mass is 16.4. The molecule has 0 aromatic rings. The Morgan fingerprint density at radius 2 is 2.08 bits per heavy atom. The summed E-state index contributed by atoms with van der Waals surface area (Å²) in [6, 6.07) is 0. The molecular formula is C9H13NO3. The first-order valence-corrected chi connectivity index (χ1v) is 4.35. The molecule has 0 saturated heterocycles. The van der Waals surface area contributed by atoms with Crippen molar-refractivity contribution in [1.82, 2.24) is 5.32 Å². The minimum absolute atomic E-state index is 0.0225. The smallest absolute Gasteiger partial charge is 0.352 e. The number of hydrogen-bond donors (Lipinski definition) is 2. The third-order valence-electron chi connectivity index (χ3n) is 2.25. The number of carboxylic acids is 1. The van der Waals surface area contributed by atoms with Crippen LogP contribution in [0.1, 0.15) is 26.2 Å². The van der Waals surface area contributed by atoms with E-state index < -0.39 is 5.97 Å². The second-order valence-electron chi connectivity index (χ2n) is 3.12. The number of rotatable bonds is 3. The Morgan fingerprint density at radius 1 is 1.46 bits per heavy atom. The maximum absolute atomic E-state index is 11.3. The van der Waals surface area contributed by atoms with Crippen molar-refractivity contribution in [3.63, 3.8) is 0 Å². The Morgan fingerprint density at radius 3 is 2.38 bits per heavy atom. The molecule has 0 radical (unpaired) electrons. The molecule has 1 aliphatic carbocycles. The predicted molar refractivity (Wildman–Crippen MR) is 46.9 cm³/mol. The summed E-state index contributed by atoms with van der Waals surface area (Å²) >= 11 is 0. The van der Waals surface area contributed by atoms with Crippen LogP contribution in [0.25, 0.3) is 0 Å². The van der Waals surface area contributed by atoms with Gasteiger partial charge in [-0.05, 0) is 19.8 Å². The van der Waals surface area contributed by atoms with Crippen LogP contribution in [0, 0.1) is 5.92 Å². The van der Waals surface area contributed by atoms with Crippen molar-refractivity contribution in [2.24, 2.45) is 5.92 Å². The lowest BCUT2D eigenvalue weighted by Gasteiger charge is -2.23. The maximum Gasteiger partial charge on any atom is 0.352 e. The highest BCUT2D eigenvalue weighted by Crippen LogP contribution is 2.26. The Bertz CT molecular complexity index is 254. The largest absolute Gasteiger partial charge is 0.477 e. The molecule has 0 spiro atoms. The molecule has 0 aliphatic heterocycles. The average molecular weight is 183 g/mol. The number of amides is 1. The van der Waals surface area contributed by atoms with Crippen LogP contribution < -0.4 is 5.32 Å². The first-order valence-electron chi connectivity index (χ1n) is 4.35. The van der Waals surface area contributed by atoms with Crippen molar-refractivity contribution in [2.45, 2.75) is 26.2 Å². The molecule has 1 amide bonds. The Labute approximate surface area is 76.6 Å². The summed E-state index contributed by atoms with van der Waals surface area (Å²) in [7, 11) is 0. The molecule has 1 aliphatic rings. The van der Waals surface area contributed by atoms with Crippen LogP contribution in [0.15, 0.2) is 11.8 Å². The molecule has 72 valence electrons. The van der Waals surface area contributed by atoms with Crippen molar-refractivity contribution in [3.05, 3.63) is 11.8 Å². The van der Waals surface area contributed by atoms with Crippen LogP contribution in [-0.2, 0) is 9.59 Å². The van der Waals surface area contributed by atoms with Gasteiger partial charge in [0.1, 0.15) is 5.70 Å². The lowest BCUT2D eigenvalue weighted by atomic mass is 9.85. The number of carboxylic acid groups (broad SMARTS) is 1. The molecule has 0 aromatic heterocycles. The van der Waals surface area contributed by atoms with E-state index in [0.717, 1.165) is 19.3 Å². The van der Waals surface area contributed by atoms with Crippen LogP contribution in [0.2, 0.25) is 0 Å². The summed E-state index contributed by atoms with van der Waals surface area (Å²) in [5.74, 6) is -1.23. The normalized spacial score (nSPS) is 17.8. The van der Waals surface area contributed by atoms with Gasteiger partial charge in [-0.3, -0.25) is 4.79 Å². The molecule has 13 heavy (non-hydrogen) atoms. The minimum atomic E-state index is -1.09. The summed E-state index contributed by atoms with van der Waals surface area (Å²) in [5, 5.41) is 11.0. The van der Waals surface area contributed by atoms with Crippen LogP contribution in [0.4, 0.5) is 0 Å². The number of carbonyl (C=O) groups excluding carboxylic acids is 1. The average Bonchev–Trinajstić information content (AvgIpc) is 1.96. The second-order valence-corrected chi connectivity index (χ2v) is 3.12. The molecule has 1 fully saturated rings. The lowest BCUT2D eigenvalue weighted by molar-refractivity contribution is -0.135.